The summed E-state index contributed by atoms with van der Waals surface area (Å²) in [5.41, 5.74) is 1.68. The zero-order chi connectivity index (χ0) is 14.0. The van der Waals surface area contributed by atoms with Gasteiger partial charge in [0.1, 0.15) is 5.15 Å². The van der Waals surface area contributed by atoms with Gasteiger partial charge in [0.2, 0.25) is 0 Å². The maximum Gasteiger partial charge on any atom is 0.155 e. The minimum absolute atomic E-state index is 0.266. The molecule has 19 heavy (non-hydrogen) atoms. The minimum atomic E-state index is 0.266. The summed E-state index contributed by atoms with van der Waals surface area (Å²) < 4.78 is 1.47. The van der Waals surface area contributed by atoms with Crippen LogP contribution in [0.4, 0.5) is 0 Å². The van der Waals surface area contributed by atoms with Crippen LogP contribution in [0.15, 0.2) is 18.2 Å². The standard InChI is InChI=1S/C13H11Cl3N2O/c1-2-3-11-9(7-19)13(16)18(17-11)12-5-4-8(14)6-10(12)15/h4-7H,2-3H2,1H3. The van der Waals surface area contributed by atoms with Gasteiger partial charge in [-0.3, -0.25) is 4.79 Å². The molecule has 1 aromatic heterocycles. The summed E-state index contributed by atoms with van der Waals surface area (Å²) in [4.78, 5) is 11.1. The highest BCUT2D eigenvalue weighted by molar-refractivity contribution is 6.36. The second kappa shape index (κ2) is 5.95. The summed E-state index contributed by atoms with van der Waals surface area (Å²) in [6, 6.07) is 5.02. The molecule has 3 nitrogen and oxygen atoms in total. The Morgan fingerprint density at radius 2 is 2.05 bits per heavy atom. The molecule has 0 atom stereocenters. The summed E-state index contributed by atoms with van der Waals surface area (Å²) >= 11 is 18.2. The van der Waals surface area contributed by atoms with Crippen LogP contribution in [0.2, 0.25) is 15.2 Å². The van der Waals surface area contributed by atoms with Gasteiger partial charge in [0.25, 0.3) is 0 Å². The summed E-state index contributed by atoms with van der Waals surface area (Å²) in [5.74, 6) is 0. The Labute approximate surface area is 126 Å². The lowest BCUT2D eigenvalue weighted by molar-refractivity contribution is 0.112. The van der Waals surface area contributed by atoms with Crippen LogP contribution in [-0.2, 0) is 6.42 Å². The zero-order valence-electron chi connectivity index (χ0n) is 10.2. The van der Waals surface area contributed by atoms with Crippen molar-refractivity contribution >= 4 is 41.1 Å². The maximum absolute atomic E-state index is 11.1. The van der Waals surface area contributed by atoms with Gasteiger partial charge in [0, 0.05) is 5.02 Å². The first kappa shape index (κ1) is 14.4. The van der Waals surface area contributed by atoms with E-state index in [0.29, 0.717) is 33.4 Å². The van der Waals surface area contributed by atoms with E-state index >= 15 is 0 Å². The largest absolute Gasteiger partial charge is 0.298 e. The molecule has 0 radical (unpaired) electrons. The van der Waals surface area contributed by atoms with Gasteiger partial charge in [-0.15, -0.1) is 0 Å². The monoisotopic (exact) mass is 316 g/mol. The molecule has 0 amide bonds. The van der Waals surface area contributed by atoms with E-state index in [0.717, 1.165) is 12.7 Å². The Kier molecular flexibility index (Phi) is 4.50. The van der Waals surface area contributed by atoms with Crippen LogP contribution in [-0.4, -0.2) is 16.1 Å². The molecule has 0 fully saturated rings. The second-order valence-electron chi connectivity index (χ2n) is 4.03. The lowest BCUT2D eigenvalue weighted by Crippen LogP contribution is -1.98. The highest BCUT2D eigenvalue weighted by atomic mass is 35.5. The number of carbonyl (C=O) groups excluding carboxylic acids is 1. The molecule has 0 aliphatic rings. The third kappa shape index (κ3) is 2.78. The first-order chi connectivity index (χ1) is 9.08. The number of aromatic nitrogens is 2. The van der Waals surface area contributed by atoms with Crippen LogP contribution in [0.3, 0.4) is 0 Å². The number of halogens is 3. The van der Waals surface area contributed by atoms with E-state index in [4.69, 9.17) is 34.8 Å². The van der Waals surface area contributed by atoms with E-state index in [1.54, 1.807) is 18.2 Å². The van der Waals surface area contributed by atoms with Crippen LogP contribution < -0.4 is 0 Å². The minimum Gasteiger partial charge on any atom is -0.298 e. The Morgan fingerprint density at radius 3 is 2.63 bits per heavy atom. The van der Waals surface area contributed by atoms with Gasteiger partial charge in [-0.2, -0.15) is 5.10 Å². The van der Waals surface area contributed by atoms with E-state index in [-0.39, 0.29) is 5.15 Å². The quantitative estimate of drug-likeness (QED) is 0.773. The van der Waals surface area contributed by atoms with E-state index in [1.807, 2.05) is 6.92 Å². The molecule has 0 saturated heterocycles. The molecular formula is C13H11Cl3N2O. The number of hydrogen-bond acceptors (Lipinski definition) is 2. The maximum atomic E-state index is 11.1. The van der Waals surface area contributed by atoms with Gasteiger partial charge in [-0.05, 0) is 24.6 Å². The molecule has 0 saturated carbocycles. The van der Waals surface area contributed by atoms with Crippen molar-refractivity contribution in [3.8, 4) is 5.69 Å². The molecule has 0 N–H and O–H groups in total. The third-order valence-electron chi connectivity index (χ3n) is 2.68. The predicted molar refractivity (Wildman–Crippen MR) is 78.0 cm³/mol. The van der Waals surface area contributed by atoms with E-state index < -0.39 is 0 Å². The van der Waals surface area contributed by atoms with Crippen molar-refractivity contribution in [2.75, 3.05) is 0 Å². The Hall–Kier alpha value is -1.03. The first-order valence-corrected chi connectivity index (χ1v) is 6.89. The smallest absolute Gasteiger partial charge is 0.155 e. The third-order valence-corrected chi connectivity index (χ3v) is 3.58. The van der Waals surface area contributed by atoms with Gasteiger partial charge in [0.15, 0.2) is 6.29 Å². The highest BCUT2D eigenvalue weighted by Crippen LogP contribution is 2.29. The lowest BCUT2D eigenvalue weighted by atomic mass is 10.2. The molecule has 0 aliphatic heterocycles. The summed E-state index contributed by atoms with van der Waals surface area (Å²) in [7, 11) is 0. The Bertz CT molecular complexity index is 623. The zero-order valence-corrected chi connectivity index (χ0v) is 12.4. The van der Waals surface area contributed by atoms with Crippen molar-refractivity contribution in [3.05, 3.63) is 44.7 Å². The first-order valence-electron chi connectivity index (χ1n) is 5.76. The van der Waals surface area contributed by atoms with Crippen LogP contribution in [0.1, 0.15) is 29.4 Å². The number of benzene rings is 1. The van der Waals surface area contributed by atoms with Crippen molar-refractivity contribution in [2.24, 2.45) is 0 Å². The SMILES string of the molecule is CCCc1nn(-c2ccc(Cl)cc2Cl)c(Cl)c1C=O. The van der Waals surface area contributed by atoms with Gasteiger partial charge < -0.3 is 0 Å². The summed E-state index contributed by atoms with van der Waals surface area (Å²) in [6.07, 6.45) is 2.29. The number of aryl methyl sites for hydroxylation is 1. The molecule has 0 unspecified atom stereocenters. The molecule has 1 heterocycles. The van der Waals surface area contributed by atoms with Crippen molar-refractivity contribution in [1.82, 2.24) is 9.78 Å². The molecule has 1 aromatic carbocycles. The van der Waals surface area contributed by atoms with Crippen LogP contribution >= 0.6 is 34.8 Å². The Balaban J connectivity index is 2.59. The van der Waals surface area contributed by atoms with Crippen LogP contribution in [0, 0.1) is 0 Å². The molecule has 6 heteroatoms. The topological polar surface area (TPSA) is 34.9 Å². The van der Waals surface area contributed by atoms with E-state index in [1.165, 1.54) is 4.68 Å². The molecule has 0 spiro atoms. The molecule has 100 valence electrons. The molecule has 0 aliphatic carbocycles. The average molecular weight is 318 g/mol. The molecule has 0 bridgehead atoms. The fourth-order valence-electron chi connectivity index (χ4n) is 1.80. The number of hydrogen-bond donors (Lipinski definition) is 0. The summed E-state index contributed by atoms with van der Waals surface area (Å²) in [5, 5.41) is 5.58. The normalized spacial score (nSPS) is 10.7. The lowest BCUT2D eigenvalue weighted by Gasteiger charge is -2.05. The Morgan fingerprint density at radius 1 is 1.32 bits per heavy atom. The van der Waals surface area contributed by atoms with Crippen LogP contribution in [0.25, 0.3) is 5.69 Å². The van der Waals surface area contributed by atoms with Gasteiger partial charge in [0.05, 0.1) is 22.0 Å². The predicted octanol–water partition coefficient (Wildman–Crippen LogP) is 4.60. The molecule has 2 aromatic rings. The fraction of sp³-hybridized carbons (Fsp3) is 0.231. The molecule has 2 rings (SSSR count). The molecular weight excluding hydrogens is 307 g/mol. The fourth-order valence-corrected chi connectivity index (χ4v) is 2.57. The average Bonchev–Trinajstić information content (AvgIpc) is 2.66. The van der Waals surface area contributed by atoms with Crippen molar-refractivity contribution in [1.29, 1.82) is 0 Å². The van der Waals surface area contributed by atoms with Crippen molar-refractivity contribution < 1.29 is 4.79 Å². The van der Waals surface area contributed by atoms with Gasteiger partial charge in [-0.25, -0.2) is 4.68 Å². The van der Waals surface area contributed by atoms with Crippen LogP contribution in [0.5, 0.6) is 0 Å². The van der Waals surface area contributed by atoms with Gasteiger partial charge in [-0.1, -0.05) is 48.1 Å². The number of carbonyl (C=O) groups is 1. The van der Waals surface area contributed by atoms with Crippen molar-refractivity contribution in [2.45, 2.75) is 19.8 Å². The van der Waals surface area contributed by atoms with E-state index in [9.17, 15) is 4.79 Å². The highest BCUT2D eigenvalue weighted by Gasteiger charge is 2.17. The number of aldehydes is 1. The number of nitrogens with zero attached hydrogens (tertiary/aromatic N) is 2. The second-order valence-corrected chi connectivity index (χ2v) is 5.23. The number of rotatable bonds is 4. The summed E-state index contributed by atoms with van der Waals surface area (Å²) in [6.45, 7) is 2.01. The van der Waals surface area contributed by atoms with Gasteiger partial charge >= 0.3 is 0 Å². The van der Waals surface area contributed by atoms with Crippen molar-refractivity contribution in [3.63, 3.8) is 0 Å². The van der Waals surface area contributed by atoms with E-state index in [2.05, 4.69) is 5.10 Å².